The van der Waals surface area contributed by atoms with E-state index in [4.69, 9.17) is 4.74 Å². The predicted molar refractivity (Wildman–Crippen MR) is 82.9 cm³/mol. The highest BCUT2D eigenvalue weighted by Gasteiger charge is 2.33. The first-order chi connectivity index (χ1) is 10.5. The van der Waals surface area contributed by atoms with Crippen molar-refractivity contribution in [3.63, 3.8) is 0 Å². The molecule has 1 atom stereocenters. The van der Waals surface area contributed by atoms with Crippen molar-refractivity contribution in [2.24, 2.45) is 0 Å². The number of thiophene rings is 1. The number of nitrogens with zero attached hydrogens (tertiary/aromatic N) is 1. The lowest BCUT2D eigenvalue weighted by atomic mass is 10.1. The molecule has 22 heavy (non-hydrogen) atoms. The standard InChI is InChI=1S/C15H16FNO3S2/c1-11-6-7-15(21-11)22(18,19)17-8-9-20-14(10-17)12-4-2-3-5-13(12)16/h2-7,14H,8-10H2,1H3. The van der Waals surface area contributed by atoms with Crippen molar-refractivity contribution in [2.45, 2.75) is 17.2 Å². The number of halogens is 1. The molecular formula is C15H16FNO3S2. The van der Waals surface area contributed by atoms with Crippen LogP contribution in [0.4, 0.5) is 4.39 Å². The molecule has 2 aromatic rings. The van der Waals surface area contributed by atoms with Gasteiger partial charge in [0.2, 0.25) is 0 Å². The van der Waals surface area contributed by atoms with Crippen LogP contribution in [0.25, 0.3) is 0 Å². The number of benzene rings is 1. The van der Waals surface area contributed by atoms with E-state index in [1.165, 1.54) is 21.7 Å². The van der Waals surface area contributed by atoms with Gasteiger partial charge in [-0.05, 0) is 25.1 Å². The zero-order chi connectivity index (χ0) is 15.7. The van der Waals surface area contributed by atoms with Crippen molar-refractivity contribution >= 4 is 21.4 Å². The maximum atomic E-state index is 13.9. The van der Waals surface area contributed by atoms with Crippen molar-refractivity contribution in [2.75, 3.05) is 19.7 Å². The van der Waals surface area contributed by atoms with Crippen molar-refractivity contribution in [1.29, 1.82) is 0 Å². The minimum Gasteiger partial charge on any atom is -0.371 e. The normalized spacial score (nSPS) is 20.2. The van der Waals surface area contributed by atoms with E-state index in [0.717, 1.165) is 4.88 Å². The lowest BCUT2D eigenvalue weighted by Gasteiger charge is -2.32. The Labute approximate surface area is 133 Å². The van der Waals surface area contributed by atoms with Gasteiger partial charge in [0, 0.05) is 23.5 Å². The Hall–Kier alpha value is -1.28. The average Bonchev–Trinajstić information content (AvgIpc) is 2.95. The molecule has 0 saturated carbocycles. The fraction of sp³-hybridized carbons (Fsp3) is 0.333. The van der Waals surface area contributed by atoms with Gasteiger partial charge in [0.05, 0.1) is 12.7 Å². The van der Waals surface area contributed by atoms with E-state index in [2.05, 4.69) is 0 Å². The zero-order valence-electron chi connectivity index (χ0n) is 12.0. The Morgan fingerprint density at radius 1 is 1.27 bits per heavy atom. The van der Waals surface area contributed by atoms with Crippen molar-refractivity contribution < 1.29 is 17.5 Å². The Bertz CT molecular complexity index is 773. The maximum Gasteiger partial charge on any atom is 0.252 e. The second-order valence-corrected chi connectivity index (χ2v) is 8.56. The summed E-state index contributed by atoms with van der Waals surface area (Å²) >= 11 is 1.24. The number of aryl methyl sites for hydroxylation is 1. The summed E-state index contributed by atoms with van der Waals surface area (Å²) in [5, 5.41) is 0. The molecule has 0 radical (unpaired) electrons. The van der Waals surface area contributed by atoms with Crippen molar-refractivity contribution in [3.8, 4) is 0 Å². The fourth-order valence-corrected chi connectivity index (χ4v) is 5.31. The molecule has 0 bridgehead atoms. The van der Waals surface area contributed by atoms with Gasteiger partial charge in [0.1, 0.15) is 10.0 Å². The molecule has 0 amide bonds. The molecular weight excluding hydrogens is 325 g/mol. The number of sulfonamides is 1. The van der Waals surface area contributed by atoms with Crippen LogP contribution in [-0.2, 0) is 14.8 Å². The van der Waals surface area contributed by atoms with Crippen LogP contribution in [0, 0.1) is 12.7 Å². The highest BCUT2D eigenvalue weighted by atomic mass is 32.2. The molecule has 1 aliphatic heterocycles. The summed E-state index contributed by atoms with van der Waals surface area (Å²) in [6, 6.07) is 9.71. The van der Waals surface area contributed by atoms with Crippen LogP contribution in [0.5, 0.6) is 0 Å². The summed E-state index contributed by atoms with van der Waals surface area (Å²) < 4.78 is 46.4. The minimum atomic E-state index is -3.55. The van der Waals surface area contributed by atoms with Gasteiger partial charge in [-0.1, -0.05) is 18.2 Å². The number of hydrogen-bond acceptors (Lipinski definition) is 4. The quantitative estimate of drug-likeness (QED) is 0.862. The summed E-state index contributed by atoms with van der Waals surface area (Å²) in [5.41, 5.74) is 0.393. The van der Waals surface area contributed by atoms with Gasteiger partial charge in [0.25, 0.3) is 10.0 Å². The van der Waals surface area contributed by atoms with Crippen LogP contribution in [0.15, 0.2) is 40.6 Å². The fourth-order valence-electron chi connectivity index (χ4n) is 2.45. The summed E-state index contributed by atoms with van der Waals surface area (Å²) in [5.74, 6) is -0.376. The van der Waals surface area contributed by atoms with Crippen LogP contribution in [0.1, 0.15) is 16.5 Å². The van der Waals surface area contributed by atoms with Gasteiger partial charge < -0.3 is 4.74 Å². The van der Waals surface area contributed by atoms with Crippen molar-refractivity contribution in [3.05, 3.63) is 52.7 Å². The van der Waals surface area contributed by atoms with Crippen LogP contribution < -0.4 is 0 Å². The lowest BCUT2D eigenvalue weighted by Crippen LogP contribution is -2.42. The molecule has 1 fully saturated rings. The molecule has 1 unspecified atom stereocenters. The van der Waals surface area contributed by atoms with Gasteiger partial charge >= 0.3 is 0 Å². The first kappa shape index (κ1) is 15.6. The van der Waals surface area contributed by atoms with Crippen molar-refractivity contribution in [1.82, 2.24) is 4.31 Å². The van der Waals surface area contributed by atoms with E-state index in [9.17, 15) is 12.8 Å². The van der Waals surface area contributed by atoms with E-state index < -0.39 is 16.1 Å². The Balaban J connectivity index is 1.86. The van der Waals surface area contributed by atoms with Gasteiger partial charge in [0.15, 0.2) is 0 Å². The monoisotopic (exact) mass is 341 g/mol. The van der Waals surface area contributed by atoms with E-state index in [1.54, 1.807) is 30.3 Å². The summed E-state index contributed by atoms with van der Waals surface area (Å²) in [6.45, 7) is 2.53. The van der Waals surface area contributed by atoms with E-state index in [1.807, 2.05) is 6.92 Å². The predicted octanol–water partition coefficient (Wildman–Crippen LogP) is 2.96. The largest absolute Gasteiger partial charge is 0.371 e. The SMILES string of the molecule is Cc1ccc(S(=O)(=O)N2CCOC(c3ccccc3F)C2)s1. The highest BCUT2D eigenvalue weighted by Crippen LogP contribution is 2.30. The third-order valence-electron chi connectivity index (χ3n) is 3.59. The molecule has 1 aromatic heterocycles. The zero-order valence-corrected chi connectivity index (χ0v) is 13.7. The third-order valence-corrected chi connectivity index (χ3v) is 6.92. The minimum absolute atomic E-state index is 0.125. The first-order valence-electron chi connectivity index (χ1n) is 6.91. The van der Waals surface area contributed by atoms with Crippen LogP contribution in [0.2, 0.25) is 0 Å². The van der Waals surface area contributed by atoms with Gasteiger partial charge in [-0.3, -0.25) is 0 Å². The van der Waals surface area contributed by atoms with E-state index in [0.29, 0.717) is 9.77 Å². The number of rotatable bonds is 3. The van der Waals surface area contributed by atoms with E-state index in [-0.39, 0.29) is 25.5 Å². The second kappa shape index (κ2) is 6.08. The molecule has 2 heterocycles. The number of ether oxygens (including phenoxy) is 1. The molecule has 0 aliphatic carbocycles. The average molecular weight is 341 g/mol. The number of morpholine rings is 1. The Morgan fingerprint density at radius 2 is 2.05 bits per heavy atom. The van der Waals surface area contributed by atoms with E-state index >= 15 is 0 Å². The first-order valence-corrected chi connectivity index (χ1v) is 9.17. The summed E-state index contributed by atoms with van der Waals surface area (Å²) in [7, 11) is -3.55. The molecule has 0 N–H and O–H groups in total. The van der Waals surface area contributed by atoms with Gasteiger partial charge in [-0.15, -0.1) is 11.3 Å². The third kappa shape index (κ3) is 2.94. The molecule has 0 spiro atoms. The summed E-state index contributed by atoms with van der Waals surface area (Å²) in [6.07, 6.45) is -0.578. The second-order valence-electron chi connectivity index (χ2n) is 5.11. The molecule has 3 rings (SSSR count). The molecule has 7 heteroatoms. The van der Waals surface area contributed by atoms with Crippen LogP contribution in [-0.4, -0.2) is 32.4 Å². The topological polar surface area (TPSA) is 46.6 Å². The molecule has 118 valence electrons. The Morgan fingerprint density at radius 3 is 2.73 bits per heavy atom. The van der Waals surface area contributed by atoms with Crippen LogP contribution >= 0.6 is 11.3 Å². The molecule has 1 aromatic carbocycles. The van der Waals surface area contributed by atoms with Gasteiger partial charge in [-0.2, -0.15) is 4.31 Å². The maximum absolute atomic E-state index is 13.9. The van der Waals surface area contributed by atoms with Crippen LogP contribution in [0.3, 0.4) is 0 Å². The smallest absolute Gasteiger partial charge is 0.252 e. The van der Waals surface area contributed by atoms with Gasteiger partial charge in [-0.25, -0.2) is 12.8 Å². The molecule has 1 saturated heterocycles. The Kier molecular flexibility index (Phi) is 4.31. The molecule has 4 nitrogen and oxygen atoms in total. The number of hydrogen-bond donors (Lipinski definition) is 0. The molecule has 1 aliphatic rings. The summed E-state index contributed by atoms with van der Waals surface area (Å²) in [4.78, 5) is 0.942. The lowest BCUT2D eigenvalue weighted by molar-refractivity contribution is -0.00437. The highest BCUT2D eigenvalue weighted by molar-refractivity contribution is 7.91.